The van der Waals surface area contributed by atoms with Crippen LogP contribution < -0.4 is 0 Å². The monoisotopic (exact) mass is 230 g/mol. The van der Waals surface area contributed by atoms with Crippen LogP contribution in [0.1, 0.15) is 29.1 Å². The smallest absolute Gasteiger partial charge is 0.182 e. The number of hydrogen-bond donors (Lipinski definition) is 0. The molecule has 0 saturated heterocycles. The van der Waals surface area contributed by atoms with E-state index in [2.05, 4.69) is 0 Å². The maximum absolute atomic E-state index is 12.3. The summed E-state index contributed by atoms with van der Waals surface area (Å²) in [5.41, 5.74) is 0.611. The second kappa shape index (κ2) is 4.22. The van der Waals surface area contributed by atoms with Crippen LogP contribution >= 0.6 is 11.3 Å². The first-order chi connectivity index (χ1) is 7.62. The summed E-state index contributed by atoms with van der Waals surface area (Å²) >= 11 is 1.50. The maximum Gasteiger partial charge on any atom is 0.182 e. The fraction of sp³-hybridized carbons (Fsp3) is 0.214. The third-order valence-corrected chi connectivity index (χ3v) is 3.68. The van der Waals surface area contributed by atoms with Crippen molar-refractivity contribution in [3.63, 3.8) is 0 Å². The van der Waals surface area contributed by atoms with Crippen molar-refractivity contribution < 1.29 is 4.79 Å². The van der Waals surface area contributed by atoms with Gasteiger partial charge >= 0.3 is 0 Å². The normalized spacial score (nSPS) is 11.4. The molecular weight excluding hydrogens is 216 g/mol. The highest BCUT2D eigenvalue weighted by Gasteiger charge is 2.30. The fourth-order valence-electron chi connectivity index (χ4n) is 1.70. The van der Waals surface area contributed by atoms with Gasteiger partial charge in [-0.15, -0.1) is 11.3 Å². The predicted molar refractivity (Wildman–Crippen MR) is 68.1 cm³/mol. The van der Waals surface area contributed by atoms with E-state index < -0.39 is 5.41 Å². The number of hydrogen-bond acceptors (Lipinski definition) is 2. The highest BCUT2D eigenvalue weighted by Crippen LogP contribution is 2.29. The van der Waals surface area contributed by atoms with Crippen LogP contribution in [-0.2, 0) is 5.41 Å². The van der Waals surface area contributed by atoms with Gasteiger partial charge < -0.3 is 0 Å². The van der Waals surface area contributed by atoms with Gasteiger partial charge in [-0.05, 0) is 30.9 Å². The maximum atomic E-state index is 12.3. The molecule has 0 spiro atoms. The number of carbonyl (C=O) groups excluding carboxylic acids is 1. The highest BCUT2D eigenvalue weighted by atomic mass is 32.1. The van der Waals surface area contributed by atoms with Crippen LogP contribution in [0, 0.1) is 0 Å². The first-order valence-electron chi connectivity index (χ1n) is 5.26. The van der Waals surface area contributed by atoms with Crippen LogP contribution in [0.4, 0.5) is 0 Å². The van der Waals surface area contributed by atoms with Crippen LogP contribution in [0.3, 0.4) is 0 Å². The lowest BCUT2D eigenvalue weighted by molar-refractivity contribution is 0.0913. The Balaban J connectivity index is 2.36. The molecule has 2 rings (SSSR count). The van der Waals surface area contributed by atoms with Crippen molar-refractivity contribution in [2.45, 2.75) is 19.3 Å². The molecular formula is C14H14OS. The topological polar surface area (TPSA) is 17.1 Å². The summed E-state index contributed by atoms with van der Waals surface area (Å²) < 4.78 is 0. The first-order valence-corrected chi connectivity index (χ1v) is 6.14. The van der Waals surface area contributed by atoms with E-state index in [0.29, 0.717) is 0 Å². The van der Waals surface area contributed by atoms with Crippen molar-refractivity contribution in [3.05, 3.63) is 58.3 Å². The average molecular weight is 230 g/mol. The SMILES string of the molecule is CC(C)(C(=O)c1cccs1)c1ccccc1. The predicted octanol–water partition coefficient (Wildman–Crippen LogP) is 3.91. The van der Waals surface area contributed by atoms with E-state index in [1.54, 1.807) is 0 Å². The van der Waals surface area contributed by atoms with Crippen molar-refractivity contribution in [1.29, 1.82) is 0 Å². The van der Waals surface area contributed by atoms with Crippen LogP contribution in [-0.4, -0.2) is 5.78 Å². The van der Waals surface area contributed by atoms with Gasteiger partial charge in [-0.1, -0.05) is 36.4 Å². The molecule has 2 aromatic rings. The largest absolute Gasteiger partial charge is 0.292 e. The lowest BCUT2D eigenvalue weighted by atomic mass is 9.80. The molecule has 16 heavy (non-hydrogen) atoms. The van der Waals surface area contributed by atoms with Gasteiger partial charge in [0.15, 0.2) is 5.78 Å². The Bertz CT molecular complexity index is 469. The molecule has 1 nitrogen and oxygen atoms in total. The summed E-state index contributed by atoms with van der Waals surface area (Å²) in [6.45, 7) is 3.95. The Morgan fingerprint density at radius 3 is 2.31 bits per heavy atom. The molecule has 1 aromatic heterocycles. The number of benzene rings is 1. The minimum Gasteiger partial charge on any atom is -0.292 e. The van der Waals surface area contributed by atoms with Gasteiger partial charge in [0.1, 0.15) is 0 Å². The lowest BCUT2D eigenvalue weighted by Crippen LogP contribution is -2.28. The Morgan fingerprint density at radius 1 is 1.06 bits per heavy atom. The molecule has 0 N–H and O–H groups in total. The van der Waals surface area contributed by atoms with E-state index in [1.807, 2.05) is 61.7 Å². The summed E-state index contributed by atoms with van der Waals surface area (Å²) in [5.74, 6) is 0.189. The molecule has 0 unspecified atom stereocenters. The molecule has 0 bridgehead atoms. The molecule has 0 fully saturated rings. The van der Waals surface area contributed by atoms with Crippen LogP contribution in [0.5, 0.6) is 0 Å². The number of ketones is 1. The third kappa shape index (κ3) is 1.93. The summed E-state index contributed by atoms with van der Waals surface area (Å²) in [7, 11) is 0. The van der Waals surface area contributed by atoms with E-state index in [4.69, 9.17) is 0 Å². The Hall–Kier alpha value is -1.41. The second-order valence-corrected chi connectivity index (χ2v) is 5.25. The fourth-order valence-corrected chi connectivity index (χ4v) is 2.52. The summed E-state index contributed by atoms with van der Waals surface area (Å²) in [5, 5.41) is 1.94. The minimum absolute atomic E-state index is 0.189. The summed E-state index contributed by atoms with van der Waals surface area (Å²) in [6.07, 6.45) is 0. The third-order valence-electron chi connectivity index (χ3n) is 2.81. The molecule has 0 saturated carbocycles. The molecule has 82 valence electrons. The van der Waals surface area contributed by atoms with E-state index in [-0.39, 0.29) is 5.78 Å². The molecule has 0 aliphatic heterocycles. The number of carbonyl (C=O) groups is 1. The van der Waals surface area contributed by atoms with Gasteiger partial charge in [0.25, 0.3) is 0 Å². The molecule has 1 heterocycles. The number of thiophene rings is 1. The Labute approximate surface area is 99.8 Å². The van der Waals surface area contributed by atoms with Gasteiger partial charge in [0.05, 0.1) is 10.3 Å². The van der Waals surface area contributed by atoms with Gasteiger partial charge in [0.2, 0.25) is 0 Å². The zero-order valence-electron chi connectivity index (χ0n) is 9.44. The molecule has 0 aliphatic rings. The Kier molecular flexibility index (Phi) is 2.92. The zero-order chi connectivity index (χ0) is 11.6. The van der Waals surface area contributed by atoms with E-state index >= 15 is 0 Å². The summed E-state index contributed by atoms with van der Waals surface area (Å²) in [4.78, 5) is 13.2. The number of Topliss-reactive ketones (excluding diaryl/α,β-unsaturated/α-hetero) is 1. The van der Waals surface area contributed by atoms with Crippen LogP contribution in [0.2, 0.25) is 0 Å². The van der Waals surface area contributed by atoms with Gasteiger partial charge in [0, 0.05) is 0 Å². The van der Waals surface area contributed by atoms with Crippen molar-refractivity contribution in [1.82, 2.24) is 0 Å². The average Bonchev–Trinajstić information content (AvgIpc) is 2.82. The van der Waals surface area contributed by atoms with Crippen LogP contribution in [0.25, 0.3) is 0 Å². The molecule has 0 aliphatic carbocycles. The molecule has 0 atom stereocenters. The first kappa shape index (κ1) is 11.1. The molecule has 1 aromatic carbocycles. The molecule has 0 radical (unpaired) electrons. The number of rotatable bonds is 3. The quantitative estimate of drug-likeness (QED) is 0.731. The molecule has 0 amide bonds. The van der Waals surface area contributed by atoms with Gasteiger partial charge in [-0.25, -0.2) is 0 Å². The highest BCUT2D eigenvalue weighted by molar-refractivity contribution is 7.12. The zero-order valence-corrected chi connectivity index (χ0v) is 10.3. The standard InChI is InChI=1S/C14H14OS/c1-14(2,11-7-4-3-5-8-11)13(15)12-9-6-10-16-12/h3-10H,1-2H3. The van der Waals surface area contributed by atoms with Crippen LogP contribution in [0.15, 0.2) is 47.8 Å². The van der Waals surface area contributed by atoms with E-state index in [9.17, 15) is 4.79 Å². The van der Waals surface area contributed by atoms with E-state index in [1.165, 1.54) is 11.3 Å². The lowest BCUT2D eigenvalue weighted by Gasteiger charge is -2.22. The van der Waals surface area contributed by atoms with Crippen molar-refractivity contribution in [3.8, 4) is 0 Å². The van der Waals surface area contributed by atoms with E-state index in [0.717, 1.165) is 10.4 Å². The Morgan fingerprint density at radius 2 is 1.75 bits per heavy atom. The minimum atomic E-state index is -0.452. The second-order valence-electron chi connectivity index (χ2n) is 4.30. The summed E-state index contributed by atoms with van der Waals surface area (Å²) in [6, 6.07) is 13.7. The van der Waals surface area contributed by atoms with Gasteiger partial charge in [-0.2, -0.15) is 0 Å². The van der Waals surface area contributed by atoms with Crippen molar-refractivity contribution in [2.24, 2.45) is 0 Å². The van der Waals surface area contributed by atoms with Crippen molar-refractivity contribution >= 4 is 17.1 Å². The van der Waals surface area contributed by atoms with Crippen molar-refractivity contribution in [2.75, 3.05) is 0 Å². The van der Waals surface area contributed by atoms with Gasteiger partial charge in [-0.3, -0.25) is 4.79 Å². The molecule has 2 heteroatoms.